The van der Waals surface area contributed by atoms with E-state index in [9.17, 15) is 19.8 Å². The van der Waals surface area contributed by atoms with E-state index in [2.05, 4.69) is 6.92 Å². The van der Waals surface area contributed by atoms with Gasteiger partial charge in [-0.3, -0.25) is 9.59 Å². The zero-order valence-corrected chi connectivity index (χ0v) is 15.2. The molecule has 0 aromatic heterocycles. The van der Waals surface area contributed by atoms with E-state index >= 15 is 0 Å². The molecule has 0 spiro atoms. The second-order valence-corrected chi connectivity index (χ2v) is 6.84. The first-order valence-electron chi connectivity index (χ1n) is 9.41. The smallest absolute Gasteiger partial charge is 0.303 e. The lowest BCUT2D eigenvalue weighted by molar-refractivity contribution is -0.137. The molecule has 0 amide bonds. The maximum atomic E-state index is 12.1. The highest BCUT2D eigenvalue weighted by molar-refractivity contribution is 5.98. The van der Waals surface area contributed by atoms with Crippen molar-refractivity contribution in [2.24, 2.45) is 5.92 Å². The Balaban J connectivity index is 2.49. The summed E-state index contributed by atoms with van der Waals surface area (Å²) >= 11 is 0. The first-order chi connectivity index (χ1) is 12.0. The highest BCUT2D eigenvalue weighted by Gasteiger charge is 2.35. The number of aliphatic carboxylic acids is 1. The fourth-order valence-electron chi connectivity index (χ4n) is 3.16. The molecule has 1 rings (SSSR count). The van der Waals surface area contributed by atoms with Crippen LogP contribution < -0.4 is 0 Å². The van der Waals surface area contributed by atoms with Gasteiger partial charge in [0.1, 0.15) is 0 Å². The number of hydrogen-bond acceptors (Lipinski definition) is 4. The standard InChI is InChI=1S/C20H32O5/c1-2-3-6-9-15(21)12-13-17-16(18(22)14-19(17)23)10-7-4-5-8-11-20(24)25/h4,7,13,15-16,18,21-22H,2-3,5-6,8-12,14H2,1H3,(H,24,25)/b7-4-,17-13+/t15-,16+,18-/m0/s1. The van der Waals surface area contributed by atoms with Crippen LogP contribution in [0.4, 0.5) is 0 Å². The minimum atomic E-state index is -0.798. The molecule has 1 aliphatic carbocycles. The Kier molecular flexibility index (Phi) is 10.3. The summed E-state index contributed by atoms with van der Waals surface area (Å²) in [5.74, 6) is -1.04. The lowest BCUT2D eigenvalue weighted by atomic mass is 9.94. The Bertz CT molecular complexity index is 480. The van der Waals surface area contributed by atoms with Crippen LogP contribution in [0.25, 0.3) is 0 Å². The molecular formula is C20H32O5. The zero-order chi connectivity index (χ0) is 18.7. The van der Waals surface area contributed by atoms with Gasteiger partial charge in [0.05, 0.1) is 12.2 Å². The van der Waals surface area contributed by atoms with Crippen LogP contribution in [0.15, 0.2) is 23.8 Å². The van der Waals surface area contributed by atoms with Crippen molar-refractivity contribution in [2.75, 3.05) is 0 Å². The number of carboxylic acids is 1. The molecule has 1 aliphatic rings. The van der Waals surface area contributed by atoms with Crippen LogP contribution in [0.3, 0.4) is 0 Å². The fraction of sp³-hybridized carbons (Fsp3) is 0.700. The van der Waals surface area contributed by atoms with E-state index in [0.717, 1.165) is 25.7 Å². The predicted octanol–water partition coefficient (Wildman–Crippen LogP) is 3.40. The third-order valence-electron chi connectivity index (χ3n) is 4.65. The van der Waals surface area contributed by atoms with Gasteiger partial charge in [-0.05, 0) is 37.7 Å². The van der Waals surface area contributed by atoms with Crippen molar-refractivity contribution < 1.29 is 24.9 Å². The summed E-state index contributed by atoms with van der Waals surface area (Å²) in [6.07, 6.45) is 11.1. The number of Topliss-reactive ketones (excluding diaryl/α,β-unsaturated/α-hetero) is 1. The first kappa shape index (κ1) is 21.6. The number of carboxylic acid groups (broad SMARTS) is 1. The van der Waals surface area contributed by atoms with Crippen molar-refractivity contribution in [3.05, 3.63) is 23.8 Å². The Morgan fingerprint density at radius 3 is 2.72 bits per heavy atom. The highest BCUT2D eigenvalue weighted by Crippen LogP contribution is 2.32. The number of hydrogen-bond donors (Lipinski definition) is 3. The number of rotatable bonds is 12. The van der Waals surface area contributed by atoms with Gasteiger partial charge in [0.25, 0.3) is 0 Å². The third kappa shape index (κ3) is 8.45. The Hall–Kier alpha value is -1.46. The molecule has 142 valence electrons. The molecule has 0 heterocycles. The maximum absolute atomic E-state index is 12.1. The number of carbonyl (C=O) groups excluding carboxylic acids is 1. The monoisotopic (exact) mass is 352 g/mol. The summed E-state index contributed by atoms with van der Waals surface area (Å²) in [4.78, 5) is 22.5. The van der Waals surface area contributed by atoms with Crippen molar-refractivity contribution in [2.45, 2.75) is 83.3 Å². The van der Waals surface area contributed by atoms with Crippen molar-refractivity contribution in [3.63, 3.8) is 0 Å². The SMILES string of the molecule is CCCCC[C@H](O)C/C=C1/C(=O)C[C@H](O)[C@@H]1C/C=C\CCCC(=O)O. The molecule has 1 fully saturated rings. The van der Waals surface area contributed by atoms with Gasteiger partial charge in [-0.25, -0.2) is 0 Å². The highest BCUT2D eigenvalue weighted by atomic mass is 16.4. The van der Waals surface area contributed by atoms with E-state index < -0.39 is 18.2 Å². The van der Waals surface area contributed by atoms with Gasteiger partial charge in [-0.15, -0.1) is 0 Å². The molecular weight excluding hydrogens is 320 g/mol. The normalized spacial score (nSPS) is 23.6. The second-order valence-electron chi connectivity index (χ2n) is 6.84. The largest absolute Gasteiger partial charge is 0.481 e. The molecule has 0 aliphatic heterocycles. The minimum absolute atomic E-state index is 0.0301. The predicted molar refractivity (Wildman–Crippen MR) is 97.2 cm³/mol. The van der Waals surface area contributed by atoms with Gasteiger partial charge < -0.3 is 15.3 Å². The minimum Gasteiger partial charge on any atom is -0.481 e. The number of carbonyl (C=O) groups is 2. The summed E-state index contributed by atoms with van der Waals surface area (Å²) in [6.45, 7) is 2.12. The topological polar surface area (TPSA) is 94.8 Å². The van der Waals surface area contributed by atoms with E-state index in [-0.39, 0.29) is 24.5 Å². The number of allylic oxidation sites excluding steroid dienone is 2. The summed E-state index contributed by atoms with van der Waals surface area (Å²) < 4.78 is 0. The van der Waals surface area contributed by atoms with Crippen LogP contribution in [-0.2, 0) is 9.59 Å². The lowest BCUT2D eigenvalue weighted by Gasteiger charge is -2.14. The number of aliphatic hydroxyl groups excluding tert-OH is 2. The zero-order valence-electron chi connectivity index (χ0n) is 15.2. The number of unbranched alkanes of at least 4 members (excludes halogenated alkanes) is 3. The number of ketones is 1. The lowest BCUT2D eigenvalue weighted by Crippen LogP contribution is -2.14. The van der Waals surface area contributed by atoms with Gasteiger partial charge in [-0.1, -0.05) is 44.4 Å². The van der Waals surface area contributed by atoms with Crippen molar-refractivity contribution in [3.8, 4) is 0 Å². The Labute approximate surface area is 150 Å². The molecule has 0 aromatic carbocycles. The average Bonchev–Trinajstić information content (AvgIpc) is 2.82. The van der Waals surface area contributed by atoms with Crippen molar-refractivity contribution in [1.82, 2.24) is 0 Å². The van der Waals surface area contributed by atoms with Crippen LogP contribution in [0.1, 0.15) is 71.1 Å². The van der Waals surface area contributed by atoms with Gasteiger partial charge in [-0.2, -0.15) is 0 Å². The van der Waals surface area contributed by atoms with E-state index in [0.29, 0.717) is 31.3 Å². The first-order valence-corrected chi connectivity index (χ1v) is 9.41. The van der Waals surface area contributed by atoms with Crippen LogP contribution in [0, 0.1) is 5.92 Å². The molecule has 5 heteroatoms. The summed E-state index contributed by atoms with van der Waals surface area (Å²) in [5, 5.41) is 28.7. The van der Waals surface area contributed by atoms with Gasteiger partial charge in [0.15, 0.2) is 5.78 Å². The molecule has 3 atom stereocenters. The van der Waals surface area contributed by atoms with Crippen molar-refractivity contribution in [1.29, 1.82) is 0 Å². The fourth-order valence-corrected chi connectivity index (χ4v) is 3.16. The summed E-state index contributed by atoms with van der Waals surface area (Å²) in [7, 11) is 0. The molecule has 0 radical (unpaired) electrons. The van der Waals surface area contributed by atoms with E-state index in [4.69, 9.17) is 5.11 Å². The van der Waals surface area contributed by atoms with E-state index in [1.165, 1.54) is 0 Å². The molecule has 0 bridgehead atoms. The Morgan fingerprint density at radius 2 is 2.04 bits per heavy atom. The van der Waals surface area contributed by atoms with E-state index in [1.807, 2.05) is 12.2 Å². The number of aliphatic hydroxyl groups is 2. The quantitative estimate of drug-likeness (QED) is 0.284. The molecule has 25 heavy (non-hydrogen) atoms. The van der Waals surface area contributed by atoms with Gasteiger partial charge >= 0.3 is 5.97 Å². The molecule has 3 N–H and O–H groups in total. The molecule has 0 aromatic rings. The van der Waals surface area contributed by atoms with Crippen LogP contribution in [0.5, 0.6) is 0 Å². The Morgan fingerprint density at radius 1 is 1.28 bits per heavy atom. The molecule has 1 saturated carbocycles. The molecule has 0 saturated heterocycles. The van der Waals surface area contributed by atoms with Crippen LogP contribution in [0.2, 0.25) is 0 Å². The molecule has 0 unspecified atom stereocenters. The third-order valence-corrected chi connectivity index (χ3v) is 4.65. The van der Waals surface area contributed by atoms with Crippen molar-refractivity contribution >= 4 is 11.8 Å². The summed E-state index contributed by atoms with van der Waals surface area (Å²) in [5.41, 5.74) is 0.636. The second kappa shape index (κ2) is 12.0. The van der Waals surface area contributed by atoms with Gasteiger partial charge in [0.2, 0.25) is 0 Å². The summed E-state index contributed by atoms with van der Waals surface area (Å²) in [6, 6.07) is 0. The average molecular weight is 352 g/mol. The molecule has 5 nitrogen and oxygen atoms in total. The van der Waals surface area contributed by atoms with Crippen LogP contribution >= 0.6 is 0 Å². The van der Waals surface area contributed by atoms with E-state index in [1.54, 1.807) is 6.08 Å². The maximum Gasteiger partial charge on any atom is 0.303 e. The van der Waals surface area contributed by atoms with Gasteiger partial charge in [0, 0.05) is 18.8 Å². The van der Waals surface area contributed by atoms with Crippen LogP contribution in [-0.4, -0.2) is 39.3 Å².